The molecule has 0 saturated carbocycles. The molecule has 2 heteroatoms. The molecule has 2 nitrogen and oxygen atoms in total. The lowest BCUT2D eigenvalue weighted by atomic mass is 9.98. The molecule has 98 valence electrons. The second kappa shape index (κ2) is 7.70. The second-order valence-corrected chi connectivity index (χ2v) is 4.39. The van der Waals surface area contributed by atoms with E-state index in [1.54, 1.807) is 0 Å². The molecule has 0 bridgehead atoms. The maximum Gasteiger partial charge on any atom is 0.330 e. The van der Waals surface area contributed by atoms with Gasteiger partial charge in [-0.3, -0.25) is 0 Å². The number of aryl methyl sites for hydroxylation is 2. The summed E-state index contributed by atoms with van der Waals surface area (Å²) in [6.07, 6.45) is 7.73. The van der Waals surface area contributed by atoms with Crippen molar-refractivity contribution in [3.63, 3.8) is 0 Å². The minimum atomic E-state index is -0.310. The van der Waals surface area contributed by atoms with Crippen LogP contribution in [0.1, 0.15) is 43.4 Å². The van der Waals surface area contributed by atoms with E-state index in [2.05, 4.69) is 36.8 Å². The van der Waals surface area contributed by atoms with Crippen LogP contribution in [-0.4, -0.2) is 13.1 Å². The number of rotatable bonds is 6. The highest BCUT2D eigenvalue weighted by molar-refractivity contribution is 5.87. The molecule has 1 aromatic carbocycles. The fourth-order valence-electron chi connectivity index (χ4n) is 1.98. The summed E-state index contributed by atoms with van der Waals surface area (Å²) in [7, 11) is 1.39. The quantitative estimate of drug-likeness (QED) is 0.564. The van der Waals surface area contributed by atoms with Crippen LogP contribution in [0.15, 0.2) is 24.3 Å². The number of ether oxygens (including phenoxy) is 1. The summed E-state index contributed by atoms with van der Waals surface area (Å²) in [5.41, 5.74) is 3.79. The third kappa shape index (κ3) is 4.36. The summed E-state index contributed by atoms with van der Waals surface area (Å²) in [6.45, 7) is 4.35. The molecule has 1 aromatic rings. The van der Waals surface area contributed by atoms with Crippen molar-refractivity contribution in [1.82, 2.24) is 0 Å². The van der Waals surface area contributed by atoms with Gasteiger partial charge in [-0.2, -0.15) is 0 Å². The van der Waals surface area contributed by atoms with Crippen LogP contribution in [-0.2, 0) is 22.4 Å². The van der Waals surface area contributed by atoms with Crippen molar-refractivity contribution in [2.75, 3.05) is 7.11 Å². The Labute approximate surface area is 110 Å². The standard InChI is InChI=1S/C16H22O2/c1-4-6-13-8-9-14(10-11-16(17)18-3)15(12-13)7-5-2/h8-12H,4-7H2,1-3H3. The van der Waals surface area contributed by atoms with E-state index in [4.69, 9.17) is 0 Å². The molecule has 0 N–H and O–H groups in total. The monoisotopic (exact) mass is 246 g/mol. The summed E-state index contributed by atoms with van der Waals surface area (Å²) >= 11 is 0. The van der Waals surface area contributed by atoms with Crippen LogP contribution in [0.4, 0.5) is 0 Å². The summed E-state index contributed by atoms with van der Waals surface area (Å²) in [5.74, 6) is -0.310. The van der Waals surface area contributed by atoms with Crippen LogP contribution in [0.5, 0.6) is 0 Å². The summed E-state index contributed by atoms with van der Waals surface area (Å²) in [4.78, 5) is 11.1. The summed E-state index contributed by atoms with van der Waals surface area (Å²) < 4.78 is 4.61. The predicted octanol–water partition coefficient (Wildman–Crippen LogP) is 3.78. The Morgan fingerprint density at radius 2 is 1.94 bits per heavy atom. The van der Waals surface area contributed by atoms with Gasteiger partial charge in [-0.1, -0.05) is 44.9 Å². The van der Waals surface area contributed by atoms with Crippen molar-refractivity contribution >= 4 is 12.0 Å². The Hall–Kier alpha value is -1.57. The molecule has 0 saturated heterocycles. The van der Waals surface area contributed by atoms with Crippen molar-refractivity contribution in [3.8, 4) is 0 Å². The highest BCUT2D eigenvalue weighted by atomic mass is 16.5. The molecular weight excluding hydrogens is 224 g/mol. The number of carbonyl (C=O) groups excluding carboxylic acids is 1. The van der Waals surface area contributed by atoms with Gasteiger partial charge < -0.3 is 4.74 Å². The van der Waals surface area contributed by atoms with Gasteiger partial charge in [0.05, 0.1) is 7.11 Å². The fourth-order valence-corrected chi connectivity index (χ4v) is 1.98. The Kier molecular flexibility index (Phi) is 6.20. The molecule has 0 aliphatic carbocycles. The van der Waals surface area contributed by atoms with Crippen LogP contribution in [0, 0.1) is 0 Å². The smallest absolute Gasteiger partial charge is 0.330 e. The number of hydrogen-bond acceptors (Lipinski definition) is 2. The molecule has 0 fully saturated rings. The van der Waals surface area contributed by atoms with Gasteiger partial charge in [0.1, 0.15) is 0 Å². The number of carbonyl (C=O) groups is 1. The van der Waals surface area contributed by atoms with Crippen molar-refractivity contribution in [2.24, 2.45) is 0 Å². The normalized spacial score (nSPS) is 10.8. The van der Waals surface area contributed by atoms with Gasteiger partial charge in [0.15, 0.2) is 0 Å². The van der Waals surface area contributed by atoms with Gasteiger partial charge >= 0.3 is 5.97 Å². The molecule has 0 amide bonds. The fraction of sp³-hybridized carbons (Fsp3) is 0.438. The van der Waals surface area contributed by atoms with Crippen molar-refractivity contribution < 1.29 is 9.53 Å². The molecule has 0 aliphatic heterocycles. The van der Waals surface area contributed by atoms with Gasteiger partial charge in [0, 0.05) is 6.08 Å². The zero-order valence-electron chi connectivity index (χ0n) is 11.5. The SMILES string of the molecule is CCCc1ccc(C=CC(=O)OC)c(CCC)c1. The first-order chi connectivity index (χ1) is 8.71. The Balaban J connectivity index is 2.95. The lowest BCUT2D eigenvalue weighted by Gasteiger charge is -2.08. The largest absolute Gasteiger partial charge is 0.466 e. The molecule has 0 aliphatic rings. The van der Waals surface area contributed by atoms with E-state index in [0.717, 1.165) is 31.2 Å². The average molecular weight is 246 g/mol. The van der Waals surface area contributed by atoms with E-state index in [0.29, 0.717) is 0 Å². The van der Waals surface area contributed by atoms with Crippen LogP contribution in [0.25, 0.3) is 6.08 Å². The van der Waals surface area contributed by atoms with Gasteiger partial charge in [0.2, 0.25) is 0 Å². The Morgan fingerprint density at radius 3 is 2.56 bits per heavy atom. The topological polar surface area (TPSA) is 26.3 Å². The lowest BCUT2D eigenvalue weighted by molar-refractivity contribution is -0.134. The third-order valence-corrected chi connectivity index (χ3v) is 2.87. The van der Waals surface area contributed by atoms with Crippen molar-refractivity contribution in [3.05, 3.63) is 41.0 Å². The first kappa shape index (κ1) is 14.5. The van der Waals surface area contributed by atoms with Gasteiger partial charge in [0.25, 0.3) is 0 Å². The first-order valence-corrected chi connectivity index (χ1v) is 6.59. The van der Waals surface area contributed by atoms with Crippen molar-refractivity contribution in [1.29, 1.82) is 0 Å². The molecule has 0 heterocycles. The number of methoxy groups -OCH3 is 1. The van der Waals surface area contributed by atoms with E-state index in [1.165, 1.54) is 24.3 Å². The summed E-state index contributed by atoms with van der Waals surface area (Å²) in [5, 5.41) is 0. The molecule has 1 rings (SSSR count). The molecular formula is C16H22O2. The van der Waals surface area contributed by atoms with Crippen molar-refractivity contribution in [2.45, 2.75) is 39.5 Å². The minimum absolute atomic E-state index is 0.310. The van der Waals surface area contributed by atoms with E-state index in [9.17, 15) is 4.79 Å². The average Bonchev–Trinajstić information content (AvgIpc) is 2.38. The van der Waals surface area contributed by atoms with E-state index in [-0.39, 0.29) is 5.97 Å². The number of esters is 1. The maximum atomic E-state index is 11.1. The summed E-state index contributed by atoms with van der Waals surface area (Å²) in [6, 6.07) is 6.49. The first-order valence-electron chi connectivity index (χ1n) is 6.59. The van der Waals surface area contributed by atoms with Crippen LogP contribution < -0.4 is 0 Å². The van der Waals surface area contributed by atoms with Gasteiger partial charge in [-0.15, -0.1) is 0 Å². The van der Waals surface area contributed by atoms with Gasteiger partial charge in [-0.05, 0) is 35.6 Å². The highest BCUT2D eigenvalue weighted by Crippen LogP contribution is 2.17. The molecule has 0 unspecified atom stereocenters. The number of hydrogen-bond donors (Lipinski definition) is 0. The van der Waals surface area contributed by atoms with Gasteiger partial charge in [-0.25, -0.2) is 4.79 Å². The zero-order chi connectivity index (χ0) is 13.4. The molecule has 0 radical (unpaired) electrons. The van der Waals surface area contributed by atoms with Crippen LogP contribution in [0.2, 0.25) is 0 Å². The Morgan fingerprint density at radius 1 is 1.22 bits per heavy atom. The second-order valence-electron chi connectivity index (χ2n) is 4.39. The predicted molar refractivity (Wildman–Crippen MR) is 75.5 cm³/mol. The van der Waals surface area contributed by atoms with Crippen LogP contribution in [0.3, 0.4) is 0 Å². The van der Waals surface area contributed by atoms with E-state index in [1.807, 2.05) is 6.08 Å². The maximum absolute atomic E-state index is 11.1. The van der Waals surface area contributed by atoms with E-state index >= 15 is 0 Å². The highest BCUT2D eigenvalue weighted by Gasteiger charge is 2.02. The molecule has 0 aromatic heterocycles. The molecule has 0 atom stereocenters. The third-order valence-electron chi connectivity index (χ3n) is 2.87. The minimum Gasteiger partial charge on any atom is -0.466 e. The molecule has 18 heavy (non-hydrogen) atoms. The molecule has 0 spiro atoms. The lowest BCUT2D eigenvalue weighted by Crippen LogP contribution is -1.96. The number of benzene rings is 1. The van der Waals surface area contributed by atoms with E-state index < -0.39 is 0 Å². The Bertz CT molecular complexity index is 419. The zero-order valence-corrected chi connectivity index (χ0v) is 11.5. The van der Waals surface area contributed by atoms with Crippen LogP contribution >= 0.6 is 0 Å².